The molecule has 1 aliphatic carbocycles. The summed E-state index contributed by atoms with van der Waals surface area (Å²) in [5, 5.41) is 0. The first-order valence-corrected chi connectivity index (χ1v) is 6.18. The van der Waals surface area contributed by atoms with Crippen molar-refractivity contribution in [3.05, 3.63) is 47.0 Å². The van der Waals surface area contributed by atoms with Crippen LogP contribution in [0.5, 0.6) is 0 Å². The Morgan fingerprint density at radius 1 is 1.06 bits per heavy atom. The molecule has 0 atom stereocenters. The van der Waals surface area contributed by atoms with Gasteiger partial charge in [-0.3, -0.25) is 0 Å². The van der Waals surface area contributed by atoms with Crippen LogP contribution in [0.2, 0.25) is 0 Å². The predicted molar refractivity (Wildman–Crippen MR) is 69.2 cm³/mol. The lowest BCUT2D eigenvalue weighted by atomic mass is 10.00. The van der Waals surface area contributed by atoms with Crippen molar-refractivity contribution < 1.29 is 0 Å². The van der Waals surface area contributed by atoms with Gasteiger partial charge < -0.3 is 0 Å². The molecule has 16 heavy (non-hydrogen) atoms. The molecular formula is C16H18. The molecule has 82 valence electrons. The van der Waals surface area contributed by atoms with Crippen LogP contribution in [0.3, 0.4) is 0 Å². The van der Waals surface area contributed by atoms with Crippen molar-refractivity contribution in [2.24, 2.45) is 0 Å². The van der Waals surface area contributed by atoms with Gasteiger partial charge in [-0.15, -0.1) is 0 Å². The summed E-state index contributed by atoms with van der Waals surface area (Å²) in [6, 6.07) is 8.57. The van der Waals surface area contributed by atoms with E-state index >= 15 is 0 Å². The summed E-state index contributed by atoms with van der Waals surface area (Å²) >= 11 is 0. The monoisotopic (exact) mass is 210 g/mol. The molecule has 1 aliphatic rings. The smallest absolute Gasteiger partial charge is 0.0249 e. The highest BCUT2D eigenvalue weighted by atomic mass is 14.0. The Labute approximate surface area is 98.4 Å². The summed E-state index contributed by atoms with van der Waals surface area (Å²) in [6.07, 6.45) is 8.39. The maximum Gasteiger partial charge on any atom is 0.0249 e. The van der Waals surface area contributed by atoms with E-state index in [0.717, 1.165) is 12.0 Å². The van der Waals surface area contributed by atoms with E-state index in [-0.39, 0.29) is 0 Å². The molecule has 0 heterocycles. The zero-order valence-electron chi connectivity index (χ0n) is 9.92. The van der Waals surface area contributed by atoms with Crippen LogP contribution in [0.15, 0.2) is 35.9 Å². The Bertz CT molecular complexity index is 423. The van der Waals surface area contributed by atoms with Crippen molar-refractivity contribution in [1.82, 2.24) is 0 Å². The number of rotatable bonds is 1. The molecule has 1 aromatic carbocycles. The second-order valence-corrected chi connectivity index (χ2v) is 4.28. The lowest BCUT2D eigenvalue weighted by Gasteiger charge is -2.05. The Hall–Kier alpha value is -1.48. The maximum absolute atomic E-state index is 3.29. The predicted octanol–water partition coefficient (Wildman–Crippen LogP) is 4.10. The van der Waals surface area contributed by atoms with Crippen molar-refractivity contribution in [3.63, 3.8) is 0 Å². The fourth-order valence-corrected chi connectivity index (χ4v) is 1.93. The third-order valence-electron chi connectivity index (χ3n) is 3.02. The van der Waals surface area contributed by atoms with Crippen molar-refractivity contribution in [2.45, 2.75) is 39.0 Å². The van der Waals surface area contributed by atoms with E-state index in [9.17, 15) is 0 Å². The minimum atomic E-state index is 1.10. The van der Waals surface area contributed by atoms with E-state index in [4.69, 9.17) is 0 Å². The molecule has 0 nitrogen and oxygen atoms in total. The average Bonchev–Trinajstić information content (AvgIpc) is 2.38. The molecule has 0 radical (unpaired) electrons. The van der Waals surface area contributed by atoms with Crippen LogP contribution in [0, 0.1) is 11.8 Å². The average molecular weight is 210 g/mol. The molecule has 1 aromatic rings. The highest BCUT2D eigenvalue weighted by molar-refractivity contribution is 5.41. The van der Waals surface area contributed by atoms with E-state index < -0.39 is 0 Å². The van der Waals surface area contributed by atoms with Gasteiger partial charge in [0, 0.05) is 5.56 Å². The van der Waals surface area contributed by atoms with E-state index in [0.29, 0.717) is 0 Å². The highest BCUT2D eigenvalue weighted by Crippen LogP contribution is 2.16. The SMILES string of the molecule is CCc1ccc(C#CC2=CCCCC2)cc1. The molecule has 0 aliphatic heterocycles. The fourth-order valence-electron chi connectivity index (χ4n) is 1.93. The summed E-state index contributed by atoms with van der Waals surface area (Å²) in [7, 11) is 0. The molecule has 0 amide bonds. The molecule has 0 spiro atoms. The molecular weight excluding hydrogens is 192 g/mol. The van der Waals surface area contributed by atoms with Crippen molar-refractivity contribution in [3.8, 4) is 11.8 Å². The zero-order chi connectivity index (χ0) is 11.2. The van der Waals surface area contributed by atoms with Gasteiger partial charge in [-0.1, -0.05) is 37.0 Å². The van der Waals surface area contributed by atoms with Gasteiger partial charge in [-0.25, -0.2) is 0 Å². The maximum atomic E-state index is 3.29. The molecule has 0 aromatic heterocycles. The van der Waals surface area contributed by atoms with Gasteiger partial charge in [0.05, 0.1) is 0 Å². The van der Waals surface area contributed by atoms with Crippen molar-refractivity contribution >= 4 is 0 Å². The van der Waals surface area contributed by atoms with Crippen molar-refractivity contribution in [2.75, 3.05) is 0 Å². The van der Waals surface area contributed by atoms with Crippen LogP contribution in [-0.2, 0) is 6.42 Å². The quantitative estimate of drug-likeness (QED) is 0.612. The van der Waals surface area contributed by atoms with E-state index in [2.05, 4.69) is 49.1 Å². The molecule has 0 saturated carbocycles. The van der Waals surface area contributed by atoms with Gasteiger partial charge in [0.2, 0.25) is 0 Å². The molecule has 0 fully saturated rings. The topological polar surface area (TPSA) is 0 Å². The summed E-state index contributed by atoms with van der Waals surface area (Å²) in [5.41, 5.74) is 3.83. The van der Waals surface area contributed by atoms with E-state index in [1.807, 2.05) is 0 Å². The number of hydrogen-bond acceptors (Lipinski definition) is 0. The summed E-state index contributed by atoms with van der Waals surface area (Å²) in [4.78, 5) is 0. The largest absolute Gasteiger partial charge is 0.0729 e. The lowest BCUT2D eigenvalue weighted by Crippen LogP contribution is -1.88. The molecule has 0 unspecified atom stereocenters. The van der Waals surface area contributed by atoms with Crippen LogP contribution in [0.4, 0.5) is 0 Å². The Balaban J connectivity index is 2.08. The minimum absolute atomic E-state index is 1.10. The Morgan fingerprint density at radius 3 is 2.50 bits per heavy atom. The molecule has 0 N–H and O–H groups in total. The summed E-state index contributed by atoms with van der Waals surface area (Å²) in [6.45, 7) is 2.17. The Morgan fingerprint density at radius 2 is 1.88 bits per heavy atom. The van der Waals surface area contributed by atoms with Crippen LogP contribution >= 0.6 is 0 Å². The Kier molecular flexibility index (Phi) is 3.83. The molecule has 0 heteroatoms. The van der Waals surface area contributed by atoms with Crippen LogP contribution in [-0.4, -0.2) is 0 Å². The zero-order valence-corrected chi connectivity index (χ0v) is 9.92. The van der Waals surface area contributed by atoms with Crippen LogP contribution < -0.4 is 0 Å². The molecule has 0 bridgehead atoms. The third kappa shape index (κ3) is 3.00. The van der Waals surface area contributed by atoms with Gasteiger partial charge in [-0.2, -0.15) is 0 Å². The van der Waals surface area contributed by atoms with E-state index in [1.165, 1.54) is 36.8 Å². The van der Waals surface area contributed by atoms with Crippen LogP contribution in [0.25, 0.3) is 0 Å². The molecule has 0 saturated heterocycles. The van der Waals surface area contributed by atoms with Gasteiger partial charge >= 0.3 is 0 Å². The number of aryl methyl sites for hydroxylation is 1. The number of benzene rings is 1. The minimum Gasteiger partial charge on any atom is -0.0729 e. The third-order valence-corrected chi connectivity index (χ3v) is 3.02. The first kappa shape index (κ1) is 11.0. The highest BCUT2D eigenvalue weighted by Gasteiger charge is 1.99. The fraction of sp³-hybridized carbons (Fsp3) is 0.375. The molecule has 2 rings (SSSR count). The standard InChI is InChI=1S/C16H18/c1-2-14-8-10-16(11-9-14)13-12-15-6-4-3-5-7-15/h6,8-11H,2-5,7H2,1H3. The van der Waals surface area contributed by atoms with Crippen LogP contribution in [0.1, 0.15) is 43.7 Å². The normalized spacial score (nSPS) is 14.9. The van der Waals surface area contributed by atoms with Crippen molar-refractivity contribution in [1.29, 1.82) is 0 Å². The van der Waals surface area contributed by atoms with E-state index in [1.54, 1.807) is 0 Å². The first-order chi connectivity index (χ1) is 7.88. The second kappa shape index (κ2) is 5.56. The number of hydrogen-bond donors (Lipinski definition) is 0. The summed E-state index contributed by atoms with van der Waals surface area (Å²) < 4.78 is 0. The number of allylic oxidation sites excluding steroid dienone is 2. The van der Waals surface area contributed by atoms with Gasteiger partial charge in [0.25, 0.3) is 0 Å². The van der Waals surface area contributed by atoms with Gasteiger partial charge in [0.1, 0.15) is 0 Å². The summed E-state index contributed by atoms with van der Waals surface area (Å²) in [5.74, 6) is 6.53. The van der Waals surface area contributed by atoms with Gasteiger partial charge in [0.15, 0.2) is 0 Å². The first-order valence-electron chi connectivity index (χ1n) is 6.18. The second-order valence-electron chi connectivity index (χ2n) is 4.28. The van der Waals surface area contributed by atoms with Gasteiger partial charge in [-0.05, 0) is 55.4 Å². The lowest BCUT2D eigenvalue weighted by molar-refractivity contribution is 0.715.